The highest BCUT2D eigenvalue weighted by molar-refractivity contribution is 5.87. The Morgan fingerprint density at radius 1 is 1.27 bits per heavy atom. The molecule has 0 saturated carbocycles. The summed E-state index contributed by atoms with van der Waals surface area (Å²) in [7, 11) is 0. The Kier molecular flexibility index (Phi) is 4.94. The first-order valence-electron chi connectivity index (χ1n) is 5.14. The SMILES string of the molecule is CC(N)C(=O)CC(C)C(=O)OC(C)(C)C. The molecule has 0 bridgehead atoms. The first-order chi connectivity index (χ1) is 6.63. The highest BCUT2D eigenvalue weighted by atomic mass is 16.6. The Bertz CT molecular complexity index is 241. The van der Waals surface area contributed by atoms with Crippen LogP contribution < -0.4 is 5.73 Å². The van der Waals surface area contributed by atoms with Crippen LogP contribution in [0.2, 0.25) is 0 Å². The van der Waals surface area contributed by atoms with Gasteiger partial charge in [-0.1, -0.05) is 6.92 Å². The highest BCUT2D eigenvalue weighted by Crippen LogP contribution is 2.13. The normalized spacial score (nSPS) is 15.6. The van der Waals surface area contributed by atoms with Gasteiger partial charge >= 0.3 is 5.97 Å². The number of esters is 1. The average molecular weight is 215 g/mol. The molecule has 0 aromatic heterocycles. The molecule has 0 aliphatic heterocycles. The smallest absolute Gasteiger partial charge is 0.309 e. The van der Waals surface area contributed by atoms with E-state index in [4.69, 9.17) is 10.5 Å². The number of ether oxygens (including phenoxy) is 1. The molecule has 15 heavy (non-hydrogen) atoms. The molecule has 0 aromatic carbocycles. The van der Waals surface area contributed by atoms with Gasteiger partial charge in [-0.05, 0) is 27.7 Å². The van der Waals surface area contributed by atoms with Crippen LogP contribution in [0.25, 0.3) is 0 Å². The van der Waals surface area contributed by atoms with Crippen LogP contribution in [0.1, 0.15) is 41.0 Å². The standard InChI is InChI=1S/C11H21NO3/c1-7(6-9(13)8(2)12)10(14)15-11(3,4)5/h7-8H,6,12H2,1-5H3. The van der Waals surface area contributed by atoms with Crippen molar-refractivity contribution >= 4 is 11.8 Å². The number of hydrogen-bond acceptors (Lipinski definition) is 4. The number of Topliss-reactive ketones (excluding diaryl/α,β-unsaturated/α-hetero) is 1. The van der Waals surface area contributed by atoms with Crippen LogP contribution in [0.5, 0.6) is 0 Å². The van der Waals surface area contributed by atoms with Crippen LogP contribution >= 0.6 is 0 Å². The van der Waals surface area contributed by atoms with E-state index in [1.807, 2.05) is 0 Å². The van der Waals surface area contributed by atoms with E-state index < -0.39 is 17.6 Å². The number of hydrogen-bond donors (Lipinski definition) is 1. The molecule has 0 saturated heterocycles. The molecule has 4 nitrogen and oxygen atoms in total. The van der Waals surface area contributed by atoms with Crippen molar-refractivity contribution in [2.75, 3.05) is 0 Å². The van der Waals surface area contributed by atoms with E-state index in [9.17, 15) is 9.59 Å². The van der Waals surface area contributed by atoms with Gasteiger partial charge in [0.1, 0.15) is 11.4 Å². The third kappa shape index (κ3) is 6.23. The Labute approximate surface area is 91.2 Å². The first-order valence-corrected chi connectivity index (χ1v) is 5.14. The van der Waals surface area contributed by atoms with Crippen molar-refractivity contribution < 1.29 is 14.3 Å². The van der Waals surface area contributed by atoms with Gasteiger partial charge in [0.05, 0.1) is 12.0 Å². The molecule has 0 spiro atoms. The van der Waals surface area contributed by atoms with E-state index in [2.05, 4.69) is 0 Å². The van der Waals surface area contributed by atoms with Crippen molar-refractivity contribution in [3.05, 3.63) is 0 Å². The Balaban J connectivity index is 4.17. The Morgan fingerprint density at radius 2 is 1.73 bits per heavy atom. The number of rotatable bonds is 4. The third-order valence-electron chi connectivity index (χ3n) is 1.82. The van der Waals surface area contributed by atoms with Gasteiger partial charge in [0, 0.05) is 6.42 Å². The van der Waals surface area contributed by atoms with Gasteiger partial charge in [-0.3, -0.25) is 9.59 Å². The quantitative estimate of drug-likeness (QED) is 0.717. The lowest BCUT2D eigenvalue weighted by Gasteiger charge is -2.22. The van der Waals surface area contributed by atoms with Crippen LogP contribution in [-0.4, -0.2) is 23.4 Å². The molecule has 0 aromatic rings. The summed E-state index contributed by atoms with van der Waals surface area (Å²) in [5.41, 5.74) is 4.90. The molecule has 0 aliphatic carbocycles. The van der Waals surface area contributed by atoms with Crippen LogP contribution in [0.4, 0.5) is 0 Å². The molecular formula is C11H21NO3. The third-order valence-corrected chi connectivity index (χ3v) is 1.82. The zero-order valence-corrected chi connectivity index (χ0v) is 10.2. The number of carbonyl (C=O) groups excluding carboxylic acids is 2. The number of carbonyl (C=O) groups is 2. The second-order valence-electron chi connectivity index (χ2n) is 4.89. The molecular weight excluding hydrogens is 194 g/mol. The molecule has 0 fully saturated rings. The van der Waals surface area contributed by atoms with E-state index in [0.717, 1.165) is 0 Å². The number of ketones is 1. The minimum absolute atomic E-state index is 0.117. The molecule has 0 aliphatic rings. The van der Waals surface area contributed by atoms with Gasteiger partial charge in [0.15, 0.2) is 0 Å². The maximum absolute atomic E-state index is 11.5. The topological polar surface area (TPSA) is 69.4 Å². The monoisotopic (exact) mass is 215 g/mol. The molecule has 4 heteroatoms. The van der Waals surface area contributed by atoms with Crippen molar-refractivity contribution in [3.63, 3.8) is 0 Å². The van der Waals surface area contributed by atoms with Crippen LogP contribution in [-0.2, 0) is 14.3 Å². The molecule has 2 N–H and O–H groups in total. The summed E-state index contributed by atoms with van der Waals surface area (Å²) in [6, 6.07) is -0.519. The Hall–Kier alpha value is -0.900. The molecule has 88 valence electrons. The lowest BCUT2D eigenvalue weighted by molar-refractivity contribution is -0.160. The molecule has 0 amide bonds. The van der Waals surface area contributed by atoms with E-state index >= 15 is 0 Å². The fourth-order valence-corrected chi connectivity index (χ4v) is 0.973. The fourth-order valence-electron chi connectivity index (χ4n) is 0.973. The fraction of sp³-hybridized carbons (Fsp3) is 0.818. The lowest BCUT2D eigenvalue weighted by atomic mass is 10.0. The minimum Gasteiger partial charge on any atom is -0.460 e. The summed E-state index contributed by atoms with van der Waals surface area (Å²) >= 11 is 0. The Morgan fingerprint density at radius 3 is 2.07 bits per heavy atom. The second kappa shape index (κ2) is 5.26. The van der Waals surface area contributed by atoms with Gasteiger partial charge in [-0.15, -0.1) is 0 Å². The summed E-state index contributed by atoms with van der Waals surface area (Å²) in [6.45, 7) is 8.68. The molecule has 0 heterocycles. The summed E-state index contributed by atoms with van der Waals surface area (Å²) in [6.07, 6.45) is 0.145. The second-order valence-corrected chi connectivity index (χ2v) is 4.89. The summed E-state index contributed by atoms with van der Waals surface area (Å²) in [4.78, 5) is 22.8. The largest absolute Gasteiger partial charge is 0.460 e. The van der Waals surface area contributed by atoms with Gasteiger partial charge in [-0.25, -0.2) is 0 Å². The minimum atomic E-state index is -0.519. The zero-order chi connectivity index (χ0) is 12.2. The lowest BCUT2D eigenvalue weighted by Crippen LogP contribution is -2.32. The molecule has 0 radical (unpaired) electrons. The molecule has 2 unspecified atom stereocenters. The van der Waals surface area contributed by atoms with E-state index in [-0.39, 0.29) is 18.2 Å². The summed E-state index contributed by atoms with van der Waals surface area (Å²) in [5.74, 6) is -0.896. The van der Waals surface area contributed by atoms with Crippen LogP contribution in [0.3, 0.4) is 0 Å². The van der Waals surface area contributed by atoms with E-state index in [1.165, 1.54) is 0 Å². The van der Waals surface area contributed by atoms with Crippen molar-refractivity contribution in [2.24, 2.45) is 11.7 Å². The van der Waals surface area contributed by atoms with Gasteiger partial charge in [0.25, 0.3) is 0 Å². The molecule has 0 rings (SSSR count). The van der Waals surface area contributed by atoms with Crippen molar-refractivity contribution in [1.29, 1.82) is 0 Å². The first kappa shape index (κ1) is 14.1. The maximum Gasteiger partial charge on any atom is 0.309 e. The van der Waals surface area contributed by atoms with Crippen molar-refractivity contribution in [1.82, 2.24) is 0 Å². The van der Waals surface area contributed by atoms with Crippen LogP contribution in [0.15, 0.2) is 0 Å². The van der Waals surface area contributed by atoms with Crippen molar-refractivity contribution in [3.8, 4) is 0 Å². The van der Waals surface area contributed by atoms with Gasteiger partial charge < -0.3 is 10.5 Å². The zero-order valence-electron chi connectivity index (χ0n) is 10.2. The summed E-state index contributed by atoms with van der Waals surface area (Å²) < 4.78 is 5.15. The van der Waals surface area contributed by atoms with Crippen LogP contribution in [0, 0.1) is 5.92 Å². The van der Waals surface area contributed by atoms with E-state index in [1.54, 1.807) is 34.6 Å². The predicted octanol–water partition coefficient (Wildman–Crippen LogP) is 1.27. The predicted molar refractivity (Wildman–Crippen MR) is 58.3 cm³/mol. The average Bonchev–Trinajstić information content (AvgIpc) is 2.00. The summed E-state index contributed by atoms with van der Waals surface area (Å²) in [5, 5.41) is 0. The van der Waals surface area contributed by atoms with E-state index in [0.29, 0.717) is 0 Å². The van der Waals surface area contributed by atoms with Crippen molar-refractivity contribution in [2.45, 2.75) is 52.7 Å². The van der Waals surface area contributed by atoms with Gasteiger partial charge in [0.2, 0.25) is 0 Å². The maximum atomic E-state index is 11.5. The molecule has 2 atom stereocenters. The number of nitrogens with two attached hydrogens (primary N) is 1. The highest BCUT2D eigenvalue weighted by Gasteiger charge is 2.24. The van der Waals surface area contributed by atoms with Gasteiger partial charge in [-0.2, -0.15) is 0 Å².